The molecule has 1 aromatic carbocycles. The largest absolute Gasteiger partial charge is 0.508 e. The van der Waals surface area contributed by atoms with Crippen LogP contribution in [0, 0.1) is 5.92 Å². The van der Waals surface area contributed by atoms with Crippen molar-refractivity contribution in [1.29, 1.82) is 0 Å². The van der Waals surface area contributed by atoms with Crippen LogP contribution in [-0.2, 0) is 14.3 Å². The van der Waals surface area contributed by atoms with Crippen molar-refractivity contribution in [2.24, 2.45) is 5.92 Å². The van der Waals surface area contributed by atoms with Gasteiger partial charge in [0.05, 0.1) is 0 Å². The lowest BCUT2D eigenvalue weighted by atomic mass is 9.95. The zero-order valence-electron chi connectivity index (χ0n) is 21.3. The molecule has 33 heavy (non-hydrogen) atoms. The number of alkyl carbamates (subject to hydrolysis) is 1. The zero-order valence-corrected chi connectivity index (χ0v) is 21.3. The van der Waals surface area contributed by atoms with Gasteiger partial charge in [-0.05, 0) is 64.7 Å². The zero-order chi connectivity index (χ0) is 25.3. The molecular formula is C25H41N3O5. The number of benzene rings is 1. The molecule has 0 aliphatic rings. The van der Waals surface area contributed by atoms with Crippen molar-refractivity contribution in [3.05, 3.63) is 29.8 Å². The summed E-state index contributed by atoms with van der Waals surface area (Å²) in [5, 5.41) is 15.6. The minimum Gasteiger partial charge on any atom is -0.508 e. The quantitative estimate of drug-likeness (QED) is 0.483. The second kappa shape index (κ2) is 12.5. The molecule has 0 bridgehead atoms. The monoisotopic (exact) mass is 463 g/mol. The molecule has 8 heteroatoms. The average molecular weight is 464 g/mol. The molecule has 0 aliphatic carbocycles. The van der Waals surface area contributed by atoms with Crippen LogP contribution in [0.1, 0.15) is 79.8 Å². The second-order valence-electron chi connectivity index (χ2n) is 9.70. The number of phenolic OH excluding ortho intramolecular Hbond substituents is 1. The molecule has 3 unspecified atom stereocenters. The minimum absolute atomic E-state index is 0.00380. The summed E-state index contributed by atoms with van der Waals surface area (Å²) in [7, 11) is 0. The molecule has 0 fully saturated rings. The summed E-state index contributed by atoms with van der Waals surface area (Å²) in [6.07, 6.45) is 0.565. The van der Waals surface area contributed by atoms with E-state index in [0.29, 0.717) is 24.9 Å². The minimum atomic E-state index is -0.959. The van der Waals surface area contributed by atoms with Gasteiger partial charge in [0.15, 0.2) is 0 Å². The van der Waals surface area contributed by atoms with Gasteiger partial charge in [0.1, 0.15) is 23.4 Å². The van der Waals surface area contributed by atoms with Crippen LogP contribution < -0.4 is 10.6 Å². The smallest absolute Gasteiger partial charge is 0.408 e. The Morgan fingerprint density at radius 1 is 1.09 bits per heavy atom. The van der Waals surface area contributed by atoms with Crippen molar-refractivity contribution in [2.75, 3.05) is 6.54 Å². The van der Waals surface area contributed by atoms with Crippen molar-refractivity contribution in [1.82, 2.24) is 15.5 Å². The fourth-order valence-electron chi connectivity index (χ4n) is 3.43. The number of hydrogen-bond acceptors (Lipinski definition) is 5. The maximum absolute atomic E-state index is 13.8. The number of phenols is 1. The normalized spacial score (nSPS) is 14.2. The highest BCUT2D eigenvalue weighted by atomic mass is 16.6. The van der Waals surface area contributed by atoms with E-state index in [4.69, 9.17) is 4.74 Å². The standard InChI is InChI=1S/C25H41N3O5/c1-9-14-28(21(22(30)26-16(3)4)18-12-11-13-19(29)15-18)23(31)20(17(5)10-2)27-24(32)33-25(6,7)8/h11-13,15-17,20-21,29H,9-10,14H2,1-8H3,(H,26,30)(H,27,32). The van der Waals surface area contributed by atoms with E-state index in [0.717, 1.165) is 0 Å². The maximum atomic E-state index is 13.8. The summed E-state index contributed by atoms with van der Waals surface area (Å²) in [6, 6.07) is 4.38. The van der Waals surface area contributed by atoms with Gasteiger partial charge < -0.3 is 25.4 Å². The lowest BCUT2D eigenvalue weighted by Crippen LogP contribution is -2.55. The molecule has 1 aromatic rings. The summed E-state index contributed by atoms with van der Waals surface area (Å²) in [6.45, 7) is 15.0. The van der Waals surface area contributed by atoms with Crippen LogP contribution in [-0.4, -0.2) is 52.1 Å². The predicted octanol–water partition coefficient (Wildman–Crippen LogP) is 4.14. The molecule has 0 saturated heterocycles. The number of nitrogens with zero attached hydrogens (tertiary/aromatic N) is 1. The van der Waals surface area contributed by atoms with Crippen molar-refractivity contribution in [2.45, 2.75) is 92.0 Å². The van der Waals surface area contributed by atoms with Gasteiger partial charge in [0.2, 0.25) is 11.8 Å². The molecule has 3 N–H and O–H groups in total. The Balaban J connectivity index is 3.43. The molecule has 1 rings (SSSR count). The Morgan fingerprint density at radius 2 is 1.73 bits per heavy atom. The Hall–Kier alpha value is -2.77. The molecule has 186 valence electrons. The molecule has 0 radical (unpaired) electrons. The molecule has 0 spiro atoms. The number of carbonyl (C=O) groups is 3. The van der Waals surface area contributed by atoms with E-state index in [2.05, 4.69) is 10.6 Å². The molecule has 3 atom stereocenters. The highest BCUT2D eigenvalue weighted by Crippen LogP contribution is 2.27. The Bertz CT molecular complexity index is 803. The first kappa shape index (κ1) is 28.3. The maximum Gasteiger partial charge on any atom is 0.408 e. The van der Waals surface area contributed by atoms with E-state index in [-0.39, 0.29) is 29.5 Å². The topological polar surface area (TPSA) is 108 Å². The number of hydrogen-bond donors (Lipinski definition) is 3. The van der Waals surface area contributed by atoms with E-state index in [1.54, 1.807) is 32.9 Å². The van der Waals surface area contributed by atoms with E-state index >= 15 is 0 Å². The SMILES string of the molecule is CCCN(C(=O)C(NC(=O)OC(C)(C)C)C(C)CC)C(C(=O)NC(C)C)c1cccc(O)c1. The van der Waals surface area contributed by atoms with Crippen LogP contribution in [0.2, 0.25) is 0 Å². The first-order chi connectivity index (χ1) is 15.3. The summed E-state index contributed by atoms with van der Waals surface area (Å²) >= 11 is 0. The summed E-state index contributed by atoms with van der Waals surface area (Å²) in [4.78, 5) is 41.1. The van der Waals surface area contributed by atoms with E-state index in [9.17, 15) is 19.5 Å². The van der Waals surface area contributed by atoms with Crippen molar-refractivity contribution in [3.8, 4) is 5.75 Å². The van der Waals surface area contributed by atoms with Gasteiger partial charge >= 0.3 is 6.09 Å². The van der Waals surface area contributed by atoms with Gasteiger partial charge in [-0.2, -0.15) is 0 Å². The number of aromatic hydroxyl groups is 1. The third-order valence-corrected chi connectivity index (χ3v) is 5.08. The van der Waals surface area contributed by atoms with Gasteiger partial charge in [-0.25, -0.2) is 4.79 Å². The van der Waals surface area contributed by atoms with Crippen LogP contribution >= 0.6 is 0 Å². The number of nitrogens with one attached hydrogen (secondary N) is 2. The van der Waals surface area contributed by atoms with Gasteiger partial charge in [0, 0.05) is 12.6 Å². The Kier molecular flexibility index (Phi) is 10.7. The van der Waals surface area contributed by atoms with E-state index in [1.807, 2.05) is 34.6 Å². The Morgan fingerprint density at radius 3 is 2.21 bits per heavy atom. The van der Waals surface area contributed by atoms with Gasteiger partial charge in [-0.15, -0.1) is 0 Å². The third kappa shape index (κ3) is 8.94. The van der Waals surface area contributed by atoms with Crippen LogP contribution in [0.3, 0.4) is 0 Å². The van der Waals surface area contributed by atoms with Crippen LogP contribution in [0.4, 0.5) is 4.79 Å². The van der Waals surface area contributed by atoms with E-state index < -0.39 is 23.8 Å². The van der Waals surface area contributed by atoms with Gasteiger partial charge in [-0.3, -0.25) is 9.59 Å². The highest BCUT2D eigenvalue weighted by molar-refractivity contribution is 5.92. The highest BCUT2D eigenvalue weighted by Gasteiger charge is 2.38. The summed E-state index contributed by atoms with van der Waals surface area (Å²) in [5.74, 6) is -0.909. The van der Waals surface area contributed by atoms with Crippen LogP contribution in [0.5, 0.6) is 5.75 Å². The first-order valence-electron chi connectivity index (χ1n) is 11.7. The Labute approximate surface area is 198 Å². The number of ether oxygens (including phenoxy) is 1. The van der Waals surface area contributed by atoms with Crippen LogP contribution in [0.25, 0.3) is 0 Å². The molecule has 0 heterocycles. The fraction of sp³-hybridized carbons (Fsp3) is 0.640. The summed E-state index contributed by atoms with van der Waals surface area (Å²) in [5.41, 5.74) is -0.215. The molecule has 0 aliphatic heterocycles. The lowest BCUT2D eigenvalue weighted by Gasteiger charge is -2.36. The van der Waals surface area contributed by atoms with Crippen molar-refractivity contribution < 1.29 is 24.2 Å². The third-order valence-electron chi connectivity index (χ3n) is 5.08. The van der Waals surface area contributed by atoms with Crippen LogP contribution in [0.15, 0.2) is 24.3 Å². The fourth-order valence-corrected chi connectivity index (χ4v) is 3.43. The molecule has 0 aromatic heterocycles. The molecular weight excluding hydrogens is 422 g/mol. The summed E-state index contributed by atoms with van der Waals surface area (Å²) < 4.78 is 5.38. The number of rotatable bonds is 10. The first-order valence-corrected chi connectivity index (χ1v) is 11.7. The predicted molar refractivity (Wildman–Crippen MR) is 129 cm³/mol. The molecule has 0 saturated carbocycles. The average Bonchev–Trinajstić information content (AvgIpc) is 2.68. The van der Waals surface area contributed by atoms with Gasteiger partial charge in [-0.1, -0.05) is 39.3 Å². The van der Waals surface area contributed by atoms with Crippen molar-refractivity contribution in [3.63, 3.8) is 0 Å². The van der Waals surface area contributed by atoms with Crippen molar-refractivity contribution >= 4 is 17.9 Å². The lowest BCUT2D eigenvalue weighted by molar-refractivity contribution is -0.143. The number of carbonyl (C=O) groups excluding carboxylic acids is 3. The van der Waals surface area contributed by atoms with Gasteiger partial charge in [0.25, 0.3) is 0 Å². The molecule has 8 nitrogen and oxygen atoms in total. The number of amides is 3. The second-order valence-corrected chi connectivity index (χ2v) is 9.70. The van der Waals surface area contributed by atoms with E-state index in [1.165, 1.54) is 17.0 Å². The molecule has 3 amide bonds.